The van der Waals surface area contributed by atoms with Crippen molar-refractivity contribution in [3.05, 3.63) is 23.9 Å². The van der Waals surface area contributed by atoms with Gasteiger partial charge in [0.15, 0.2) is 0 Å². The number of aromatic nitrogens is 1. The molecule has 17 heavy (non-hydrogen) atoms. The molecule has 0 aromatic carbocycles. The minimum absolute atomic E-state index is 0.0792. The van der Waals surface area contributed by atoms with Gasteiger partial charge in [-0.2, -0.15) is 5.26 Å². The first-order valence-corrected chi connectivity index (χ1v) is 6.22. The summed E-state index contributed by atoms with van der Waals surface area (Å²) in [6.07, 6.45) is 1.94. The lowest BCUT2D eigenvalue weighted by Crippen LogP contribution is -2.10. The summed E-state index contributed by atoms with van der Waals surface area (Å²) in [5.41, 5.74) is 0.575. The lowest BCUT2D eigenvalue weighted by Gasteiger charge is -2.09. The fourth-order valence-electron chi connectivity index (χ4n) is 1.25. The molecule has 1 atom stereocenters. The van der Waals surface area contributed by atoms with Gasteiger partial charge in [-0.3, -0.25) is 4.79 Å². The predicted octanol–water partition coefficient (Wildman–Crippen LogP) is 2.39. The van der Waals surface area contributed by atoms with Crippen molar-refractivity contribution in [2.24, 2.45) is 0 Å². The highest BCUT2D eigenvalue weighted by Gasteiger charge is 2.12. The summed E-state index contributed by atoms with van der Waals surface area (Å²) in [5, 5.41) is 9.58. The number of esters is 1. The highest BCUT2D eigenvalue weighted by Crippen LogP contribution is 2.23. The van der Waals surface area contributed by atoms with Crippen molar-refractivity contribution in [3.63, 3.8) is 0 Å². The Morgan fingerprint density at radius 3 is 3.12 bits per heavy atom. The quantitative estimate of drug-likeness (QED) is 0.593. The highest BCUT2D eigenvalue weighted by atomic mass is 32.2. The maximum atomic E-state index is 11.3. The molecule has 90 valence electrons. The van der Waals surface area contributed by atoms with E-state index in [0.29, 0.717) is 18.6 Å². The van der Waals surface area contributed by atoms with Gasteiger partial charge in [-0.25, -0.2) is 4.98 Å². The Morgan fingerprint density at radius 1 is 1.71 bits per heavy atom. The number of pyridine rings is 1. The molecule has 0 aliphatic rings. The topological polar surface area (TPSA) is 63.0 Å². The fraction of sp³-hybridized carbons (Fsp3) is 0.417. The van der Waals surface area contributed by atoms with Gasteiger partial charge in [-0.05, 0) is 19.1 Å². The van der Waals surface area contributed by atoms with Crippen molar-refractivity contribution >= 4 is 17.7 Å². The second kappa shape index (κ2) is 6.92. The van der Waals surface area contributed by atoms with Crippen LogP contribution in [0.5, 0.6) is 0 Å². The normalized spacial score (nSPS) is 11.6. The van der Waals surface area contributed by atoms with Crippen molar-refractivity contribution in [1.29, 1.82) is 5.26 Å². The maximum Gasteiger partial charge on any atom is 0.306 e. The summed E-state index contributed by atoms with van der Waals surface area (Å²) in [6, 6.07) is 5.42. The van der Waals surface area contributed by atoms with Crippen LogP contribution in [-0.4, -0.2) is 22.8 Å². The number of thioether (sulfide) groups is 1. The monoisotopic (exact) mass is 250 g/mol. The molecule has 1 unspecified atom stereocenters. The molecule has 0 fully saturated rings. The predicted molar refractivity (Wildman–Crippen MR) is 65.5 cm³/mol. The Kier molecular flexibility index (Phi) is 5.50. The molecule has 0 bridgehead atoms. The number of carbonyl (C=O) groups excluding carboxylic acids is 1. The molecule has 0 saturated heterocycles. The molecule has 1 aromatic heterocycles. The molecule has 0 amide bonds. The van der Waals surface area contributed by atoms with Crippen molar-refractivity contribution in [1.82, 2.24) is 4.98 Å². The summed E-state index contributed by atoms with van der Waals surface area (Å²) in [4.78, 5) is 15.4. The number of hydrogen-bond donors (Lipinski definition) is 0. The number of hydrogen-bond acceptors (Lipinski definition) is 5. The van der Waals surface area contributed by atoms with Crippen molar-refractivity contribution in [2.75, 3.05) is 6.61 Å². The molecule has 0 spiro atoms. The molecule has 0 saturated carbocycles. The van der Waals surface area contributed by atoms with E-state index < -0.39 is 0 Å². The average Bonchev–Trinajstić information content (AvgIpc) is 2.29. The molecule has 1 aromatic rings. The van der Waals surface area contributed by atoms with E-state index in [1.807, 2.05) is 6.92 Å². The summed E-state index contributed by atoms with van der Waals surface area (Å²) >= 11 is 1.46. The van der Waals surface area contributed by atoms with Crippen LogP contribution >= 0.6 is 11.8 Å². The van der Waals surface area contributed by atoms with Gasteiger partial charge in [0.25, 0.3) is 0 Å². The van der Waals surface area contributed by atoms with Gasteiger partial charge < -0.3 is 4.74 Å². The minimum atomic E-state index is -0.205. The molecule has 1 rings (SSSR count). The van der Waals surface area contributed by atoms with Gasteiger partial charge in [-0.15, -0.1) is 11.8 Å². The van der Waals surface area contributed by atoms with Gasteiger partial charge >= 0.3 is 5.97 Å². The second-order valence-corrected chi connectivity index (χ2v) is 4.89. The summed E-state index contributed by atoms with van der Waals surface area (Å²) < 4.78 is 4.87. The molecule has 4 nitrogen and oxygen atoms in total. The summed E-state index contributed by atoms with van der Waals surface area (Å²) in [5.74, 6) is -0.205. The van der Waals surface area contributed by atoms with Gasteiger partial charge in [0.2, 0.25) is 0 Å². The lowest BCUT2D eigenvalue weighted by atomic mass is 10.3. The first-order chi connectivity index (χ1) is 8.15. The third-order valence-electron chi connectivity index (χ3n) is 1.95. The number of rotatable bonds is 5. The third-order valence-corrected chi connectivity index (χ3v) is 2.98. The fourth-order valence-corrected chi connectivity index (χ4v) is 2.19. The van der Waals surface area contributed by atoms with Crippen LogP contribution in [0.1, 0.15) is 25.8 Å². The molecule has 0 aliphatic heterocycles. The standard InChI is InChI=1S/C12H14N2O2S/c1-3-16-12(15)6-9(2)17-11-7-10(8-13)4-5-14-11/h4-5,7,9H,3,6H2,1-2H3. The number of nitriles is 1. The summed E-state index contributed by atoms with van der Waals surface area (Å²) in [7, 11) is 0. The van der Waals surface area contributed by atoms with Crippen LogP contribution in [-0.2, 0) is 9.53 Å². The Morgan fingerprint density at radius 2 is 2.47 bits per heavy atom. The van der Waals surface area contributed by atoms with E-state index >= 15 is 0 Å². The molecule has 5 heteroatoms. The number of carbonyl (C=O) groups is 1. The maximum absolute atomic E-state index is 11.3. The van der Waals surface area contributed by atoms with Gasteiger partial charge in [0.1, 0.15) is 0 Å². The Bertz CT molecular complexity index is 429. The number of nitrogens with zero attached hydrogens (tertiary/aromatic N) is 2. The zero-order chi connectivity index (χ0) is 12.7. The van der Waals surface area contributed by atoms with Gasteiger partial charge in [0, 0.05) is 11.4 Å². The van der Waals surface area contributed by atoms with Crippen LogP contribution < -0.4 is 0 Å². The minimum Gasteiger partial charge on any atom is -0.466 e. The third kappa shape index (κ3) is 4.87. The van der Waals surface area contributed by atoms with Gasteiger partial charge in [-0.1, -0.05) is 6.92 Å². The largest absolute Gasteiger partial charge is 0.466 e. The molecule has 0 N–H and O–H groups in total. The van der Waals surface area contributed by atoms with Crippen molar-refractivity contribution in [2.45, 2.75) is 30.5 Å². The first-order valence-electron chi connectivity index (χ1n) is 5.34. The zero-order valence-corrected chi connectivity index (χ0v) is 10.7. The number of ether oxygens (including phenoxy) is 1. The highest BCUT2D eigenvalue weighted by molar-refractivity contribution is 7.99. The van der Waals surface area contributed by atoms with E-state index in [0.717, 1.165) is 5.03 Å². The van der Waals surface area contributed by atoms with Crippen LogP contribution in [0.2, 0.25) is 0 Å². The van der Waals surface area contributed by atoms with E-state index in [4.69, 9.17) is 10.00 Å². The van der Waals surface area contributed by atoms with Gasteiger partial charge in [0.05, 0.1) is 29.7 Å². The lowest BCUT2D eigenvalue weighted by molar-refractivity contribution is -0.142. The van der Waals surface area contributed by atoms with Crippen molar-refractivity contribution < 1.29 is 9.53 Å². The Labute approximate surface area is 105 Å². The van der Waals surface area contributed by atoms with E-state index in [1.165, 1.54) is 11.8 Å². The molecule has 0 aliphatic carbocycles. The first kappa shape index (κ1) is 13.5. The molecule has 0 radical (unpaired) electrons. The van der Waals surface area contributed by atoms with E-state index in [2.05, 4.69) is 11.1 Å². The van der Waals surface area contributed by atoms with Crippen LogP contribution in [0.25, 0.3) is 0 Å². The van der Waals surface area contributed by atoms with E-state index in [9.17, 15) is 4.79 Å². The Balaban J connectivity index is 2.53. The van der Waals surface area contributed by atoms with E-state index in [-0.39, 0.29) is 11.2 Å². The van der Waals surface area contributed by atoms with Crippen LogP contribution in [0, 0.1) is 11.3 Å². The molecule has 1 heterocycles. The second-order valence-electron chi connectivity index (χ2n) is 3.43. The van der Waals surface area contributed by atoms with Crippen LogP contribution in [0.4, 0.5) is 0 Å². The Hall–Kier alpha value is -1.54. The van der Waals surface area contributed by atoms with E-state index in [1.54, 1.807) is 25.3 Å². The summed E-state index contributed by atoms with van der Waals surface area (Å²) in [6.45, 7) is 4.12. The SMILES string of the molecule is CCOC(=O)CC(C)Sc1cc(C#N)ccn1. The molecular formula is C12H14N2O2S. The van der Waals surface area contributed by atoms with Crippen LogP contribution in [0.15, 0.2) is 23.4 Å². The van der Waals surface area contributed by atoms with Crippen LogP contribution in [0.3, 0.4) is 0 Å². The van der Waals surface area contributed by atoms with Crippen molar-refractivity contribution in [3.8, 4) is 6.07 Å². The molecular weight excluding hydrogens is 236 g/mol. The average molecular weight is 250 g/mol. The zero-order valence-electron chi connectivity index (χ0n) is 9.84. The smallest absolute Gasteiger partial charge is 0.306 e.